The molecule has 1 atom stereocenters. The average molecular weight is 355 g/mol. The third-order valence-electron chi connectivity index (χ3n) is 2.84. The summed E-state index contributed by atoms with van der Waals surface area (Å²) in [7, 11) is 0. The second-order valence-corrected chi connectivity index (χ2v) is 5.44. The molecular formula is C16H16BrFO3. The van der Waals surface area contributed by atoms with Gasteiger partial charge in [-0.2, -0.15) is 0 Å². The maximum atomic E-state index is 13.7. The molecule has 0 amide bonds. The zero-order valence-corrected chi connectivity index (χ0v) is 13.1. The van der Waals surface area contributed by atoms with Crippen LogP contribution >= 0.6 is 15.9 Å². The maximum Gasteiger partial charge on any atom is 0.165 e. The minimum atomic E-state index is -0.701. The first-order valence-electron chi connectivity index (χ1n) is 6.55. The number of aliphatic hydroxyl groups excluding tert-OH is 1. The van der Waals surface area contributed by atoms with Crippen LogP contribution in [-0.4, -0.2) is 18.3 Å². The Balaban J connectivity index is 1.83. The van der Waals surface area contributed by atoms with Crippen molar-refractivity contribution in [2.24, 2.45) is 0 Å². The molecule has 2 aromatic carbocycles. The van der Waals surface area contributed by atoms with Crippen molar-refractivity contribution >= 4 is 15.9 Å². The summed E-state index contributed by atoms with van der Waals surface area (Å²) in [6.07, 6.45) is -0.701. The smallest absolute Gasteiger partial charge is 0.165 e. The van der Waals surface area contributed by atoms with Gasteiger partial charge in [0.25, 0.3) is 0 Å². The van der Waals surface area contributed by atoms with E-state index in [1.54, 1.807) is 13.0 Å². The highest BCUT2D eigenvalue weighted by Gasteiger charge is 2.08. The van der Waals surface area contributed by atoms with Crippen molar-refractivity contribution in [2.45, 2.75) is 13.0 Å². The van der Waals surface area contributed by atoms with Gasteiger partial charge in [-0.25, -0.2) is 4.39 Å². The van der Waals surface area contributed by atoms with Crippen LogP contribution in [0.5, 0.6) is 11.5 Å². The number of rotatable bonds is 6. The first-order valence-corrected chi connectivity index (χ1v) is 7.34. The number of benzene rings is 2. The van der Waals surface area contributed by atoms with Gasteiger partial charge >= 0.3 is 0 Å². The quantitative estimate of drug-likeness (QED) is 0.793. The van der Waals surface area contributed by atoms with Gasteiger partial charge < -0.3 is 14.6 Å². The molecule has 0 heterocycles. The lowest BCUT2D eigenvalue weighted by Gasteiger charge is -2.11. The molecule has 2 rings (SSSR count). The Hall–Kier alpha value is -1.59. The molecule has 3 nitrogen and oxygen atoms in total. The van der Waals surface area contributed by atoms with Gasteiger partial charge in [0, 0.05) is 4.47 Å². The van der Waals surface area contributed by atoms with Gasteiger partial charge in [-0.3, -0.25) is 0 Å². The Morgan fingerprint density at radius 2 is 1.90 bits per heavy atom. The normalized spacial score (nSPS) is 12.0. The number of aliphatic hydroxyl groups is 1. The van der Waals surface area contributed by atoms with Crippen LogP contribution in [0.1, 0.15) is 18.6 Å². The fourth-order valence-electron chi connectivity index (χ4n) is 1.76. The van der Waals surface area contributed by atoms with E-state index in [1.165, 1.54) is 12.1 Å². The van der Waals surface area contributed by atoms with Crippen molar-refractivity contribution in [3.8, 4) is 11.5 Å². The fourth-order valence-corrected chi connectivity index (χ4v) is 2.14. The van der Waals surface area contributed by atoms with Crippen LogP contribution in [-0.2, 0) is 0 Å². The van der Waals surface area contributed by atoms with Gasteiger partial charge in [0.15, 0.2) is 11.6 Å². The first kappa shape index (κ1) is 15.8. The summed E-state index contributed by atoms with van der Waals surface area (Å²) in [5.74, 6) is 0.381. The van der Waals surface area contributed by atoms with Crippen LogP contribution < -0.4 is 9.47 Å². The van der Waals surface area contributed by atoms with Crippen LogP contribution in [0.15, 0.2) is 46.9 Å². The van der Waals surface area contributed by atoms with Crippen molar-refractivity contribution in [2.75, 3.05) is 13.2 Å². The minimum Gasteiger partial charge on any atom is -0.490 e. The van der Waals surface area contributed by atoms with Crippen molar-refractivity contribution in [1.82, 2.24) is 0 Å². The largest absolute Gasteiger partial charge is 0.490 e. The van der Waals surface area contributed by atoms with E-state index in [0.717, 1.165) is 10.2 Å². The SMILES string of the molecule is CC(O)c1ccc(OCCOc2cccc(Br)c2)c(F)c1. The predicted molar refractivity (Wildman–Crippen MR) is 82.2 cm³/mol. The van der Waals surface area contributed by atoms with Gasteiger partial charge in [0.2, 0.25) is 0 Å². The lowest BCUT2D eigenvalue weighted by molar-refractivity contribution is 0.197. The van der Waals surface area contributed by atoms with Crippen LogP contribution in [0, 0.1) is 5.82 Å². The molecule has 0 saturated carbocycles. The Kier molecular flexibility index (Phi) is 5.59. The molecule has 2 aromatic rings. The summed E-state index contributed by atoms with van der Waals surface area (Å²) in [4.78, 5) is 0. The third kappa shape index (κ3) is 4.72. The van der Waals surface area contributed by atoms with Gasteiger partial charge in [0.05, 0.1) is 6.10 Å². The summed E-state index contributed by atoms with van der Waals surface area (Å²) in [5.41, 5.74) is 0.519. The molecule has 0 saturated heterocycles. The number of hydrogen-bond donors (Lipinski definition) is 1. The molecule has 0 fully saturated rings. The van der Waals surface area contributed by atoms with E-state index in [0.29, 0.717) is 12.2 Å². The Labute approximate surface area is 131 Å². The number of ether oxygens (including phenoxy) is 2. The minimum absolute atomic E-state index is 0.150. The predicted octanol–water partition coefficient (Wildman–Crippen LogP) is 4.10. The summed E-state index contributed by atoms with van der Waals surface area (Å²) in [5, 5.41) is 9.37. The Morgan fingerprint density at radius 1 is 1.14 bits per heavy atom. The number of halogens is 2. The second-order valence-electron chi connectivity index (χ2n) is 4.52. The summed E-state index contributed by atoms with van der Waals surface area (Å²) < 4.78 is 25.5. The highest BCUT2D eigenvalue weighted by Crippen LogP contribution is 2.22. The van der Waals surface area contributed by atoms with Crippen LogP contribution in [0.4, 0.5) is 4.39 Å². The van der Waals surface area contributed by atoms with E-state index in [9.17, 15) is 9.50 Å². The fraction of sp³-hybridized carbons (Fsp3) is 0.250. The van der Waals surface area contributed by atoms with Crippen LogP contribution in [0.2, 0.25) is 0 Å². The van der Waals surface area contributed by atoms with E-state index in [-0.39, 0.29) is 12.4 Å². The van der Waals surface area contributed by atoms with Gasteiger partial charge in [-0.05, 0) is 42.8 Å². The molecule has 0 bridgehead atoms. The molecule has 1 N–H and O–H groups in total. The summed E-state index contributed by atoms with van der Waals surface area (Å²) >= 11 is 3.35. The average Bonchev–Trinajstić information content (AvgIpc) is 2.45. The highest BCUT2D eigenvalue weighted by atomic mass is 79.9. The van der Waals surface area contributed by atoms with Crippen LogP contribution in [0.3, 0.4) is 0 Å². The van der Waals surface area contributed by atoms with Gasteiger partial charge in [-0.1, -0.05) is 28.1 Å². The number of hydrogen-bond acceptors (Lipinski definition) is 3. The Bertz CT molecular complexity index is 602. The molecule has 0 aliphatic rings. The monoisotopic (exact) mass is 354 g/mol. The van der Waals surface area contributed by atoms with Gasteiger partial charge in [-0.15, -0.1) is 0 Å². The molecule has 0 aromatic heterocycles. The molecule has 1 unspecified atom stereocenters. The molecule has 0 aliphatic carbocycles. The molecular weight excluding hydrogens is 339 g/mol. The highest BCUT2D eigenvalue weighted by molar-refractivity contribution is 9.10. The molecule has 0 radical (unpaired) electrons. The van der Waals surface area contributed by atoms with E-state index >= 15 is 0 Å². The van der Waals surface area contributed by atoms with Crippen molar-refractivity contribution in [1.29, 1.82) is 0 Å². The molecule has 112 valence electrons. The van der Waals surface area contributed by atoms with Crippen molar-refractivity contribution in [3.05, 3.63) is 58.3 Å². The van der Waals surface area contributed by atoms with E-state index in [1.807, 2.05) is 24.3 Å². The molecule has 0 spiro atoms. The van der Waals surface area contributed by atoms with E-state index in [2.05, 4.69) is 15.9 Å². The first-order chi connectivity index (χ1) is 10.1. The Morgan fingerprint density at radius 3 is 2.57 bits per heavy atom. The zero-order chi connectivity index (χ0) is 15.2. The zero-order valence-electron chi connectivity index (χ0n) is 11.6. The van der Waals surface area contributed by atoms with Gasteiger partial charge in [0.1, 0.15) is 19.0 Å². The lowest BCUT2D eigenvalue weighted by Crippen LogP contribution is -2.10. The lowest BCUT2D eigenvalue weighted by atomic mass is 10.1. The van der Waals surface area contributed by atoms with E-state index < -0.39 is 11.9 Å². The summed E-state index contributed by atoms with van der Waals surface area (Å²) in [6.45, 7) is 2.13. The molecule has 21 heavy (non-hydrogen) atoms. The topological polar surface area (TPSA) is 38.7 Å². The maximum absolute atomic E-state index is 13.7. The van der Waals surface area contributed by atoms with Crippen molar-refractivity contribution < 1.29 is 19.0 Å². The standard InChI is InChI=1S/C16H16BrFO3/c1-11(19)12-5-6-16(15(18)9-12)21-8-7-20-14-4-2-3-13(17)10-14/h2-6,9-11,19H,7-8H2,1H3. The second kappa shape index (κ2) is 7.43. The summed E-state index contributed by atoms with van der Waals surface area (Å²) in [6, 6.07) is 11.9. The van der Waals surface area contributed by atoms with E-state index in [4.69, 9.17) is 9.47 Å². The molecule has 5 heteroatoms. The van der Waals surface area contributed by atoms with Crippen molar-refractivity contribution in [3.63, 3.8) is 0 Å². The molecule has 0 aliphatic heterocycles. The third-order valence-corrected chi connectivity index (χ3v) is 3.34. The van der Waals surface area contributed by atoms with Crippen LogP contribution in [0.25, 0.3) is 0 Å².